The molecule has 7 rings (SSSR count). The number of para-hydroxylation sites is 1. The molecule has 2 N–H and O–H groups in total. The lowest BCUT2D eigenvalue weighted by atomic mass is 9.85. The summed E-state index contributed by atoms with van der Waals surface area (Å²) in [6, 6.07) is 13.3. The Balaban J connectivity index is 0.817. The van der Waals surface area contributed by atoms with Gasteiger partial charge in [0.15, 0.2) is 0 Å². The first-order valence-corrected chi connectivity index (χ1v) is 24.1. The second kappa shape index (κ2) is 22.1. The smallest absolute Gasteiger partial charge is 0.457 e. The van der Waals surface area contributed by atoms with E-state index in [1.807, 2.05) is 36.6 Å². The summed E-state index contributed by atoms with van der Waals surface area (Å²) >= 11 is 1.38. The highest BCUT2D eigenvalue weighted by atomic mass is 32.2. The molecule has 69 heavy (non-hydrogen) atoms. The normalized spacial score (nSPS) is 17.4. The van der Waals surface area contributed by atoms with Crippen LogP contribution in [0.3, 0.4) is 0 Å². The Morgan fingerprint density at radius 2 is 1.74 bits per heavy atom. The van der Waals surface area contributed by atoms with Crippen LogP contribution in [0.4, 0.5) is 9.59 Å². The van der Waals surface area contributed by atoms with Gasteiger partial charge in [0.1, 0.15) is 31.6 Å². The molecule has 4 amide bonds. The number of fused-ring (bicyclic) bond motifs is 5. The third kappa shape index (κ3) is 11.2. The predicted molar refractivity (Wildman–Crippen MR) is 250 cm³/mol. The van der Waals surface area contributed by atoms with E-state index in [9.17, 15) is 38.4 Å². The molecule has 3 aliphatic rings. The minimum atomic E-state index is -1.97. The number of rotatable bonds is 20. The molecule has 4 aromatic rings. The van der Waals surface area contributed by atoms with Gasteiger partial charge >= 0.3 is 24.2 Å². The highest BCUT2D eigenvalue weighted by Crippen LogP contribution is 2.41. The Kier molecular flexibility index (Phi) is 16.0. The van der Waals surface area contributed by atoms with Crippen LogP contribution in [0, 0.1) is 13.8 Å². The lowest BCUT2D eigenvalue weighted by Crippen LogP contribution is -2.50. The number of benzene rings is 2. The molecule has 2 unspecified atom stereocenters. The number of nitrogens with zero attached hydrogens (tertiary/aromatic N) is 3. The van der Waals surface area contributed by atoms with Crippen molar-refractivity contribution in [3.05, 3.63) is 92.3 Å². The molecule has 0 spiro atoms. The van der Waals surface area contributed by atoms with Gasteiger partial charge < -0.3 is 43.6 Å². The number of amides is 4. The van der Waals surface area contributed by atoms with Crippen molar-refractivity contribution < 1.29 is 62.0 Å². The zero-order valence-electron chi connectivity index (χ0n) is 39.1. The van der Waals surface area contributed by atoms with Crippen molar-refractivity contribution in [1.82, 2.24) is 25.1 Å². The number of ether oxygens (including phenoxy) is 6. The molecule has 2 aromatic heterocycles. The summed E-state index contributed by atoms with van der Waals surface area (Å²) in [7, 11) is 0. The number of aromatic nitrogens is 2. The van der Waals surface area contributed by atoms with Crippen LogP contribution in [-0.2, 0) is 73.0 Å². The van der Waals surface area contributed by atoms with Crippen molar-refractivity contribution >= 4 is 64.6 Å². The van der Waals surface area contributed by atoms with E-state index < -0.39 is 35.8 Å². The number of thioether (sulfide) groups is 1. The van der Waals surface area contributed by atoms with Gasteiger partial charge in [-0.05, 0) is 93.3 Å². The molecule has 20 heteroatoms. The summed E-state index contributed by atoms with van der Waals surface area (Å²) in [4.78, 5) is 109. The van der Waals surface area contributed by atoms with E-state index in [0.29, 0.717) is 60.3 Å². The number of cyclic esters (lactones) is 1. The van der Waals surface area contributed by atoms with Gasteiger partial charge in [-0.2, -0.15) is 11.8 Å². The first-order valence-electron chi connectivity index (χ1n) is 22.8. The van der Waals surface area contributed by atoms with Crippen LogP contribution < -0.4 is 20.9 Å². The quantitative estimate of drug-likeness (QED) is 0.0333. The van der Waals surface area contributed by atoms with Crippen LogP contribution in [0.15, 0.2) is 53.3 Å². The third-order valence-electron chi connectivity index (χ3n) is 12.2. The average molecular weight is 970 g/mol. The van der Waals surface area contributed by atoms with E-state index in [4.69, 9.17) is 33.4 Å². The summed E-state index contributed by atoms with van der Waals surface area (Å²) in [6.07, 6.45) is 2.38. The molecular weight excluding hydrogens is 915 g/mol. The van der Waals surface area contributed by atoms with E-state index in [2.05, 4.69) is 10.6 Å². The van der Waals surface area contributed by atoms with E-state index in [1.54, 1.807) is 43.5 Å². The fourth-order valence-corrected chi connectivity index (χ4v) is 9.25. The number of likely N-dealkylation sites (tertiary alicyclic amines) is 1. The molecule has 3 aliphatic heterocycles. The molecule has 3 atom stereocenters. The van der Waals surface area contributed by atoms with Crippen molar-refractivity contribution in [3.63, 3.8) is 0 Å². The Morgan fingerprint density at radius 3 is 2.48 bits per heavy atom. The number of esters is 2. The number of nitrogens with one attached hydrogen (secondary N) is 2. The Bertz CT molecular complexity index is 2720. The fraction of sp³-hybridized carbons (Fsp3) is 0.449. The van der Waals surface area contributed by atoms with E-state index in [0.717, 1.165) is 16.5 Å². The second-order valence-corrected chi connectivity index (χ2v) is 18.0. The summed E-state index contributed by atoms with van der Waals surface area (Å²) in [6.45, 7) is 6.99. The fourth-order valence-electron chi connectivity index (χ4n) is 8.61. The average Bonchev–Trinajstić information content (AvgIpc) is 3.83. The standard InChI is InChI=1S/C49H55N5O14S/c1-6-49(35-23-37-41-33(22-32-12-9-10-13-36(32)52-41)25-54(37)43(57)34(35)27-65-46(49)60)68-45(59)30(4)51-47(61)66-26-31-20-28(2)42(29(3)21-31)67-48(62)64-19-18-63-17-15-50-39(55)14-8-7-11-16-53-40(56)24-38(69-5)44(53)58/h9-10,12-13,20-23,30,38H,6-8,11,14-19,24-27H2,1-5H3,(H,50,55)(H,51,61)/t30?,38?,49-/m0/s1. The van der Waals surface area contributed by atoms with Crippen LogP contribution >= 0.6 is 11.8 Å². The lowest BCUT2D eigenvalue weighted by molar-refractivity contribution is -0.190. The van der Waals surface area contributed by atoms with Crippen LogP contribution in [0.5, 0.6) is 5.75 Å². The molecule has 2 aromatic carbocycles. The maximum atomic E-state index is 13.9. The number of aryl methyl sites for hydroxylation is 2. The molecule has 0 saturated carbocycles. The van der Waals surface area contributed by atoms with Crippen LogP contribution in [0.25, 0.3) is 22.3 Å². The van der Waals surface area contributed by atoms with Crippen molar-refractivity contribution in [3.8, 4) is 17.1 Å². The predicted octanol–water partition coefficient (Wildman–Crippen LogP) is 5.26. The number of carbonyl (C=O) groups is 7. The van der Waals surface area contributed by atoms with Gasteiger partial charge in [0, 0.05) is 42.4 Å². The zero-order chi connectivity index (χ0) is 49.4. The van der Waals surface area contributed by atoms with E-state index in [-0.39, 0.29) is 104 Å². The SMILES string of the molecule is CC[C@@]1(OC(=O)C(C)NC(=O)OCc2cc(C)c(OC(=O)OCCOCCNC(=O)CCCCCN3C(=O)CC(SC)C3=O)c(C)c2)C(=O)OCc2c1cc1n(c2=O)Cc2cc3ccccc3nc2-1. The topological polar surface area (TPSA) is 237 Å². The number of alkyl carbamates (subject to hydrolysis) is 1. The minimum absolute atomic E-state index is 0.0595. The highest BCUT2D eigenvalue weighted by molar-refractivity contribution is 8.00. The molecular formula is C49H55N5O14S. The number of unbranched alkanes of at least 4 members (excludes halogenated alkanes) is 2. The van der Waals surface area contributed by atoms with E-state index in [1.165, 1.54) is 23.6 Å². The first-order chi connectivity index (χ1) is 33.1. The summed E-state index contributed by atoms with van der Waals surface area (Å²) < 4.78 is 34.3. The number of hydrogen-bond donors (Lipinski definition) is 2. The third-order valence-corrected chi connectivity index (χ3v) is 13.1. The molecule has 19 nitrogen and oxygen atoms in total. The largest absolute Gasteiger partial charge is 0.513 e. The number of imide groups is 1. The first kappa shape index (κ1) is 50.1. The van der Waals surface area contributed by atoms with E-state index >= 15 is 0 Å². The molecule has 366 valence electrons. The van der Waals surface area contributed by atoms with Gasteiger partial charge in [-0.25, -0.2) is 24.2 Å². The number of carbonyl (C=O) groups excluding carboxylic acids is 7. The lowest BCUT2D eigenvalue weighted by Gasteiger charge is -2.36. The summed E-state index contributed by atoms with van der Waals surface area (Å²) in [5.74, 6) is -1.96. The van der Waals surface area contributed by atoms with Crippen molar-refractivity contribution in [1.29, 1.82) is 0 Å². The maximum Gasteiger partial charge on any atom is 0.513 e. The summed E-state index contributed by atoms with van der Waals surface area (Å²) in [5, 5.41) is 5.83. The number of hydrogen-bond acceptors (Lipinski definition) is 16. The Hall–Kier alpha value is -6.80. The maximum absolute atomic E-state index is 13.9. The minimum Gasteiger partial charge on any atom is -0.457 e. The van der Waals surface area contributed by atoms with Gasteiger partial charge in [0.2, 0.25) is 23.3 Å². The monoisotopic (exact) mass is 969 g/mol. The van der Waals surface area contributed by atoms with Gasteiger partial charge in [0.25, 0.3) is 5.56 Å². The van der Waals surface area contributed by atoms with Crippen LogP contribution in [0.1, 0.15) is 85.8 Å². The number of pyridine rings is 2. The van der Waals surface area contributed by atoms with Gasteiger partial charge in [-0.1, -0.05) is 31.5 Å². The second-order valence-electron chi connectivity index (χ2n) is 17.0. The Labute approximate surface area is 401 Å². The van der Waals surface area contributed by atoms with Gasteiger partial charge in [-0.3, -0.25) is 24.1 Å². The zero-order valence-corrected chi connectivity index (χ0v) is 40.0. The van der Waals surface area contributed by atoms with Crippen molar-refractivity contribution in [2.75, 3.05) is 39.2 Å². The van der Waals surface area contributed by atoms with Crippen molar-refractivity contribution in [2.24, 2.45) is 0 Å². The van der Waals surface area contributed by atoms with Crippen molar-refractivity contribution in [2.45, 2.75) is 103 Å². The molecule has 0 aliphatic carbocycles. The van der Waals surface area contributed by atoms with Gasteiger partial charge in [-0.15, -0.1) is 0 Å². The Morgan fingerprint density at radius 1 is 0.971 bits per heavy atom. The van der Waals surface area contributed by atoms with Crippen LogP contribution in [0.2, 0.25) is 0 Å². The summed E-state index contributed by atoms with van der Waals surface area (Å²) in [5.41, 5.74) is 2.36. The highest BCUT2D eigenvalue weighted by Gasteiger charge is 2.51. The van der Waals surface area contributed by atoms with Gasteiger partial charge in [0.05, 0.1) is 47.5 Å². The molecule has 0 radical (unpaired) electrons. The molecule has 1 saturated heterocycles. The molecule has 0 bridgehead atoms. The molecule has 5 heterocycles. The molecule has 1 fully saturated rings. The van der Waals surface area contributed by atoms with Crippen LogP contribution in [-0.4, -0.2) is 107 Å².